The van der Waals surface area contributed by atoms with E-state index in [-0.39, 0.29) is 25.6 Å². The summed E-state index contributed by atoms with van der Waals surface area (Å²) in [6.07, 6.45) is -7.59. The minimum Gasteiger partial charge on any atom is -0.373 e. The molecule has 4 aromatic carbocycles. The Morgan fingerprint density at radius 2 is 1.07 bits per heavy atom. The number of carbonyl (C=O) groups is 1. The second-order valence-electron chi connectivity index (χ2n) is 13.5. The number of ketones is 1. The van der Waals surface area contributed by atoms with E-state index in [0.717, 1.165) is 22.3 Å². The van der Waals surface area contributed by atoms with Crippen molar-refractivity contribution < 1.29 is 62.4 Å². The SMILES string of the molecule is CO[C@@H]1C(=O)[C@H](OCc2ccccc2)OC2COC(c3ccccc3)O[C@H]21.CO[C@H]1[C@@H]2OC(c3ccccc3)OCC2O[C@@H](OCc2ccccc2)C1(O)O. The Morgan fingerprint density at radius 3 is 1.58 bits per heavy atom. The summed E-state index contributed by atoms with van der Waals surface area (Å²) >= 11 is 0. The van der Waals surface area contributed by atoms with E-state index in [9.17, 15) is 15.0 Å². The number of Topliss-reactive ketones (excluding diaryl/α,β-unsaturated/α-hetero) is 1. The summed E-state index contributed by atoms with van der Waals surface area (Å²) in [4.78, 5) is 12.8. The first-order valence-corrected chi connectivity index (χ1v) is 18.2. The van der Waals surface area contributed by atoms with Crippen LogP contribution in [0.4, 0.5) is 0 Å². The predicted octanol–water partition coefficient (Wildman–Crippen LogP) is 4.36. The van der Waals surface area contributed by atoms with Gasteiger partial charge in [0.05, 0.1) is 26.4 Å². The minimum atomic E-state index is -2.39. The van der Waals surface area contributed by atoms with Crippen LogP contribution in [0.3, 0.4) is 0 Å². The van der Waals surface area contributed by atoms with Crippen LogP contribution in [0.25, 0.3) is 0 Å². The van der Waals surface area contributed by atoms with Crippen LogP contribution >= 0.6 is 0 Å². The van der Waals surface area contributed by atoms with E-state index in [1.54, 1.807) is 0 Å². The van der Waals surface area contributed by atoms with Crippen LogP contribution < -0.4 is 0 Å². The molecule has 0 aromatic heterocycles. The molecule has 4 aromatic rings. The highest BCUT2D eigenvalue weighted by atomic mass is 16.8. The standard InChI is InChI=1S/C21H24O7.C21H22O6/c1-24-18-17-16(13-25-19(28-17)15-10-6-3-7-11-15)27-20(21(18,22)23)26-12-14-8-4-2-5-9-14;1-23-19-17(22)21(24-12-14-8-4-2-5-9-14)26-16-13-25-20(27-18(16)19)15-10-6-3-7-11-15/h2-11,16-20,22-23H,12-13H2,1H3;2-11,16,18-21H,12-13H2,1H3/t16?,17-,18+,19?,20-;16?,18-,19-,20?,21-/m11/s1. The van der Waals surface area contributed by atoms with Gasteiger partial charge in [-0.05, 0) is 11.1 Å². The van der Waals surface area contributed by atoms with Crippen molar-refractivity contribution in [3.63, 3.8) is 0 Å². The highest BCUT2D eigenvalue weighted by molar-refractivity contribution is 5.87. The first-order chi connectivity index (χ1) is 26.9. The first kappa shape index (κ1) is 39.3. The van der Waals surface area contributed by atoms with Crippen molar-refractivity contribution in [1.29, 1.82) is 0 Å². The van der Waals surface area contributed by atoms with Gasteiger partial charge in [0, 0.05) is 25.3 Å². The Bertz CT molecular complexity index is 1760. The molecular weight excluding hydrogens is 712 g/mol. The minimum absolute atomic E-state index is 0.163. The predicted molar refractivity (Wildman–Crippen MR) is 194 cm³/mol. The average molecular weight is 759 g/mol. The fourth-order valence-electron chi connectivity index (χ4n) is 6.92. The molecule has 4 heterocycles. The van der Waals surface area contributed by atoms with Crippen molar-refractivity contribution in [1.82, 2.24) is 0 Å². The summed E-state index contributed by atoms with van der Waals surface area (Å²) in [5.74, 6) is -2.66. The lowest BCUT2D eigenvalue weighted by molar-refractivity contribution is -0.436. The number of benzene rings is 4. The molecule has 0 aliphatic carbocycles. The summed E-state index contributed by atoms with van der Waals surface area (Å²) in [5, 5.41) is 21.5. The zero-order chi connectivity index (χ0) is 38.2. The van der Waals surface area contributed by atoms with Crippen LogP contribution in [0.5, 0.6) is 0 Å². The van der Waals surface area contributed by atoms with Gasteiger partial charge in [0.25, 0.3) is 0 Å². The maximum Gasteiger partial charge on any atom is 0.245 e. The third kappa shape index (κ3) is 9.21. The summed E-state index contributed by atoms with van der Waals surface area (Å²) in [6, 6.07) is 38.1. The number of carbonyl (C=O) groups excluding carboxylic acids is 1. The Kier molecular flexibility index (Phi) is 13.1. The van der Waals surface area contributed by atoms with Crippen LogP contribution in [-0.4, -0.2) is 98.4 Å². The van der Waals surface area contributed by atoms with E-state index in [1.807, 2.05) is 121 Å². The topological polar surface area (TPSA) is 150 Å². The van der Waals surface area contributed by atoms with E-state index in [0.29, 0.717) is 6.61 Å². The van der Waals surface area contributed by atoms with Gasteiger partial charge < -0.3 is 57.6 Å². The number of methoxy groups -OCH3 is 2. The second-order valence-corrected chi connectivity index (χ2v) is 13.5. The van der Waals surface area contributed by atoms with Crippen LogP contribution in [0.2, 0.25) is 0 Å². The summed E-state index contributed by atoms with van der Waals surface area (Å²) in [6.45, 7) is 0.948. The third-order valence-corrected chi connectivity index (χ3v) is 9.73. The molecule has 0 amide bonds. The summed E-state index contributed by atoms with van der Waals surface area (Å²) in [7, 11) is 2.90. The molecule has 4 unspecified atom stereocenters. The molecule has 0 spiro atoms. The molecular formula is C42H46O13. The lowest BCUT2D eigenvalue weighted by Gasteiger charge is -2.50. The highest BCUT2D eigenvalue weighted by Crippen LogP contribution is 2.39. The number of aliphatic hydroxyl groups is 2. The molecule has 10 atom stereocenters. The zero-order valence-electron chi connectivity index (χ0n) is 30.5. The number of ether oxygens (including phenoxy) is 10. The zero-order valence-corrected chi connectivity index (χ0v) is 30.5. The van der Waals surface area contributed by atoms with Crippen molar-refractivity contribution in [3.8, 4) is 0 Å². The first-order valence-electron chi connectivity index (χ1n) is 18.2. The maximum absolute atomic E-state index is 12.8. The van der Waals surface area contributed by atoms with Gasteiger partial charge in [0.1, 0.15) is 36.6 Å². The Hall–Kier alpha value is -3.93. The van der Waals surface area contributed by atoms with Gasteiger partial charge in [-0.15, -0.1) is 0 Å². The normalized spacial score (nSPS) is 31.3. The molecule has 13 heteroatoms. The van der Waals surface area contributed by atoms with Crippen LogP contribution in [0.1, 0.15) is 34.8 Å². The van der Waals surface area contributed by atoms with Crippen molar-refractivity contribution in [2.45, 2.75) is 80.8 Å². The number of rotatable bonds is 10. The van der Waals surface area contributed by atoms with E-state index in [4.69, 9.17) is 47.4 Å². The summed E-state index contributed by atoms with van der Waals surface area (Å²) in [5.41, 5.74) is 3.57. The van der Waals surface area contributed by atoms with E-state index < -0.39 is 67.6 Å². The molecule has 0 bridgehead atoms. The smallest absolute Gasteiger partial charge is 0.245 e. The van der Waals surface area contributed by atoms with Crippen molar-refractivity contribution >= 4 is 5.78 Å². The molecule has 4 fully saturated rings. The van der Waals surface area contributed by atoms with Crippen molar-refractivity contribution in [2.75, 3.05) is 27.4 Å². The molecule has 4 saturated heterocycles. The molecule has 4 aliphatic heterocycles. The van der Waals surface area contributed by atoms with E-state index in [1.165, 1.54) is 14.2 Å². The molecule has 13 nitrogen and oxygen atoms in total. The fourth-order valence-corrected chi connectivity index (χ4v) is 6.92. The average Bonchev–Trinajstić information content (AvgIpc) is 3.23. The molecule has 55 heavy (non-hydrogen) atoms. The third-order valence-electron chi connectivity index (χ3n) is 9.73. The van der Waals surface area contributed by atoms with Crippen LogP contribution in [0.15, 0.2) is 121 Å². The van der Waals surface area contributed by atoms with E-state index in [2.05, 4.69) is 0 Å². The molecule has 8 rings (SSSR count). The number of hydrogen-bond donors (Lipinski definition) is 2. The lowest BCUT2D eigenvalue weighted by atomic mass is 9.94. The van der Waals surface area contributed by atoms with Crippen molar-refractivity contribution in [3.05, 3.63) is 144 Å². The van der Waals surface area contributed by atoms with Gasteiger partial charge in [-0.3, -0.25) is 4.79 Å². The van der Waals surface area contributed by atoms with Crippen LogP contribution in [-0.2, 0) is 65.4 Å². The van der Waals surface area contributed by atoms with Crippen molar-refractivity contribution in [2.24, 2.45) is 0 Å². The van der Waals surface area contributed by atoms with Gasteiger partial charge in [0.2, 0.25) is 24.2 Å². The van der Waals surface area contributed by atoms with Crippen LogP contribution in [0, 0.1) is 0 Å². The Balaban J connectivity index is 0.000000169. The number of hydrogen-bond acceptors (Lipinski definition) is 13. The Morgan fingerprint density at radius 1 is 0.600 bits per heavy atom. The largest absolute Gasteiger partial charge is 0.373 e. The maximum atomic E-state index is 12.8. The molecule has 0 radical (unpaired) electrons. The van der Waals surface area contributed by atoms with Gasteiger partial charge >= 0.3 is 0 Å². The lowest BCUT2D eigenvalue weighted by Crippen LogP contribution is -2.69. The molecule has 2 N–H and O–H groups in total. The van der Waals surface area contributed by atoms with Gasteiger partial charge in [-0.25, -0.2) is 0 Å². The van der Waals surface area contributed by atoms with Gasteiger partial charge in [0.15, 0.2) is 12.6 Å². The highest BCUT2D eigenvalue weighted by Gasteiger charge is 2.59. The monoisotopic (exact) mass is 758 g/mol. The van der Waals surface area contributed by atoms with E-state index >= 15 is 0 Å². The quantitative estimate of drug-likeness (QED) is 0.221. The molecule has 4 aliphatic rings. The molecule has 0 saturated carbocycles. The second kappa shape index (κ2) is 18.3. The Labute approximate surface area is 319 Å². The fraction of sp³-hybridized carbons (Fsp3) is 0.405. The van der Waals surface area contributed by atoms with Gasteiger partial charge in [-0.2, -0.15) is 0 Å². The van der Waals surface area contributed by atoms with Gasteiger partial charge in [-0.1, -0.05) is 121 Å². The molecule has 292 valence electrons. The summed E-state index contributed by atoms with van der Waals surface area (Å²) < 4.78 is 57.4. The number of fused-ring (bicyclic) bond motifs is 2.